The second-order valence-electron chi connectivity index (χ2n) is 5.90. The van der Waals surface area contributed by atoms with E-state index in [1.165, 1.54) is 0 Å². The lowest BCUT2D eigenvalue weighted by atomic mass is 10.0. The molecule has 0 bridgehead atoms. The highest BCUT2D eigenvalue weighted by molar-refractivity contribution is 6.36. The standard InChI is InChI=1S/C17H21Cl2NO3/c1-4-23-17(22)15-8-10(2)11(3)20(15)16(21)9-12-13(18)6-5-7-14(12)19/h5-7,10-11,15H,4,8-9H2,1-3H3. The Morgan fingerprint density at radius 2 is 1.87 bits per heavy atom. The van der Waals surface area contributed by atoms with E-state index in [1.807, 2.05) is 13.8 Å². The number of hydrogen-bond acceptors (Lipinski definition) is 3. The molecule has 2 rings (SSSR count). The van der Waals surface area contributed by atoms with Gasteiger partial charge < -0.3 is 9.64 Å². The van der Waals surface area contributed by atoms with Crippen molar-refractivity contribution < 1.29 is 14.3 Å². The summed E-state index contributed by atoms with van der Waals surface area (Å²) in [5.74, 6) is -0.271. The highest BCUT2D eigenvalue weighted by atomic mass is 35.5. The maximum Gasteiger partial charge on any atom is 0.328 e. The first-order valence-electron chi connectivity index (χ1n) is 7.77. The number of nitrogens with zero attached hydrogens (tertiary/aromatic N) is 1. The number of carbonyl (C=O) groups is 2. The molecule has 0 N–H and O–H groups in total. The van der Waals surface area contributed by atoms with Crippen molar-refractivity contribution in [2.24, 2.45) is 5.92 Å². The van der Waals surface area contributed by atoms with Crippen molar-refractivity contribution in [3.8, 4) is 0 Å². The Bertz CT molecular complexity index is 585. The minimum atomic E-state index is -0.534. The van der Waals surface area contributed by atoms with E-state index in [2.05, 4.69) is 0 Å². The number of benzene rings is 1. The van der Waals surface area contributed by atoms with Crippen molar-refractivity contribution >= 4 is 35.1 Å². The molecule has 126 valence electrons. The van der Waals surface area contributed by atoms with Gasteiger partial charge in [0.2, 0.25) is 5.91 Å². The molecule has 1 aliphatic heterocycles. The molecule has 1 fully saturated rings. The first-order chi connectivity index (χ1) is 10.9. The maximum absolute atomic E-state index is 12.8. The van der Waals surface area contributed by atoms with Gasteiger partial charge in [0.1, 0.15) is 6.04 Å². The molecular weight excluding hydrogens is 337 g/mol. The van der Waals surface area contributed by atoms with Gasteiger partial charge in [0, 0.05) is 16.1 Å². The average Bonchev–Trinajstić information content (AvgIpc) is 2.79. The Morgan fingerprint density at radius 1 is 1.26 bits per heavy atom. The van der Waals surface area contributed by atoms with Crippen molar-refractivity contribution in [2.45, 2.75) is 45.7 Å². The van der Waals surface area contributed by atoms with Crippen LogP contribution in [0.25, 0.3) is 0 Å². The van der Waals surface area contributed by atoms with Gasteiger partial charge in [-0.3, -0.25) is 4.79 Å². The van der Waals surface area contributed by atoms with Crippen LogP contribution in [0.2, 0.25) is 10.0 Å². The van der Waals surface area contributed by atoms with Crippen LogP contribution in [-0.2, 0) is 20.7 Å². The molecule has 1 saturated heterocycles. The van der Waals surface area contributed by atoms with Crippen LogP contribution in [0.5, 0.6) is 0 Å². The highest BCUT2D eigenvalue weighted by Gasteiger charge is 2.43. The Labute approximate surface area is 146 Å². The smallest absolute Gasteiger partial charge is 0.328 e. The summed E-state index contributed by atoms with van der Waals surface area (Å²) in [5, 5.41) is 0.914. The molecule has 23 heavy (non-hydrogen) atoms. The van der Waals surface area contributed by atoms with Crippen molar-refractivity contribution in [3.63, 3.8) is 0 Å². The van der Waals surface area contributed by atoms with Crippen LogP contribution in [-0.4, -0.2) is 35.5 Å². The molecule has 0 saturated carbocycles. The molecule has 1 aromatic rings. The highest BCUT2D eigenvalue weighted by Crippen LogP contribution is 2.32. The Hall–Kier alpha value is -1.26. The van der Waals surface area contributed by atoms with Crippen molar-refractivity contribution in [1.29, 1.82) is 0 Å². The maximum atomic E-state index is 12.8. The largest absolute Gasteiger partial charge is 0.464 e. The molecule has 1 aliphatic rings. The van der Waals surface area contributed by atoms with Crippen LogP contribution in [0.3, 0.4) is 0 Å². The topological polar surface area (TPSA) is 46.6 Å². The summed E-state index contributed by atoms with van der Waals surface area (Å²) in [5.41, 5.74) is 0.593. The molecule has 0 radical (unpaired) electrons. The SMILES string of the molecule is CCOC(=O)C1CC(C)C(C)N1C(=O)Cc1c(Cl)cccc1Cl. The van der Waals surface area contributed by atoms with Gasteiger partial charge in [-0.15, -0.1) is 0 Å². The van der Waals surface area contributed by atoms with Gasteiger partial charge >= 0.3 is 5.97 Å². The van der Waals surface area contributed by atoms with Gasteiger partial charge in [-0.25, -0.2) is 4.79 Å². The zero-order valence-corrected chi connectivity index (χ0v) is 15.0. The van der Waals surface area contributed by atoms with E-state index in [-0.39, 0.29) is 30.3 Å². The number of carbonyl (C=O) groups excluding carboxylic acids is 2. The van der Waals surface area contributed by atoms with E-state index in [1.54, 1.807) is 30.0 Å². The fraction of sp³-hybridized carbons (Fsp3) is 0.529. The quantitative estimate of drug-likeness (QED) is 0.771. The van der Waals surface area contributed by atoms with Gasteiger partial charge in [-0.05, 0) is 43.9 Å². The second-order valence-corrected chi connectivity index (χ2v) is 6.71. The molecule has 3 unspecified atom stereocenters. The first-order valence-corrected chi connectivity index (χ1v) is 8.53. The van der Waals surface area contributed by atoms with Gasteiger partial charge in [0.25, 0.3) is 0 Å². The minimum Gasteiger partial charge on any atom is -0.464 e. The third-order valence-corrected chi connectivity index (χ3v) is 5.14. The Morgan fingerprint density at radius 3 is 2.43 bits per heavy atom. The van der Waals surface area contributed by atoms with Crippen LogP contribution < -0.4 is 0 Å². The van der Waals surface area contributed by atoms with Gasteiger partial charge in [-0.2, -0.15) is 0 Å². The fourth-order valence-corrected chi connectivity index (χ4v) is 3.54. The van der Waals surface area contributed by atoms with E-state index in [4.69, 9.17) is 27.9 Å². The minimum absolute atomic E-state index is 0.0295. The van der Waals surface area contributed by atoms with E-state index >= 15 is 0 Å². The number of hydrogen-bond donors (Lipinski definition) is 0. The summed E-state index contributed by atoms with van der Waals surface area (Å²) in [6.45, 7) is 6.05. The molecule has 6 heteroatoms. The number of likely N-dealkylation sites (tertiary alicyclic amines) is 1. The Kier molecular flexibility index (Phi) is 5.93. The van der Waals surface area contributed by atoms with E-state index in [0.717, 1.165) is 0 Å². The monoisotopic (exact) mass is 357 g/mol. The van der Waals surface area contributed by atoms with Crippen LogP contribution in [0.1, 0.15) is 32.8 Å². The zero-order chi connectivity index (χ0) is 17.1. The van der Waals surface area contributed by atoms with E-state index in [9.17, 15) is 9.59 Å². The third kappa shape index (κ3) is 3.81. The van der Waals surface area contributed by atoms with E-state index in [0.29, 0.717) is 28.6 Å². The predicted octanol–water partition coefficient (Wildman–Crippen LogP) is 3.72. The van der Waals surface area contributed by atoms with Crippen LogP contribution >= 0.6 is 23.2 Å². The summed E-state index contributed by atoms with van der Waals surface area (Å²) in [7, 11) is 0. The van der Waals surface area contributed by atoms with Crippen LogP contribution in [0.4, 0.5) is 0 Å². The zero-order valence-electron chi connectivity index (χ0n) is 13.5. The molecule has 1 heterocycles. The summed E-state index contributed by atoms with van der Waals surface area (Å²) >= 11 is 12.3. The normalized spacial score (nSPS) is 23.9. The summed E-state index contributed by atoms with van der Waals surface area (Å²) in [6, 6.07) is 4.58. The van der Waals surface area contributed by atoms with Gasteiger partial charge in [0.15, 0.2) is 0 Å². The molecule has 0 spiro atoms. The predicted molar refractivity (Wildman–Crippen MR) is 90.7 cm³/mol. The second kappa shape index (κ2) is 7.54. The first kappa shape index (κ1) is 18.1. The third-order valence-electron chi connectivity index (χ3n) is 4.43. The summed E-state index contributed by atoms with van der Waals surface area (Å²) < 4.78 is 5.12. The number of halogens is 2. The number of esters is 1. The van der Waals surface area contributed by atoms with Crippen LogP contribution in [0.15, 0.2) is 18.2 Å². The molecular formula is C17H21Cl2NO3. The number of ether oxygens (including phenoxy) is 1. The molecule has 1 amide bonds. The fourth-order valence-electron chi connectivity index (χ4n) is 3.01. The molecule has 1 aromatic carbocycles. The lowest BCUT2D eigenvalue weighted by Gasteiger charge is -2.28. The van der Waals surface area contributed by atoms with Crippen molar-refractivity contribution in [3.05, 3.63) is 33.8 Å². The molecule has 0 aromatic heterocycles. The molecule has 4 nitrogen and oxygen atoms in total. The lowest BCUT2D eigenvalue weighted by molar-refractivity contribution is -0.153. The Balaban J connectivity index is 2.23. The van der Waals surface area contributed by atoms with E-state index < -0.39 is 6.04 Å². The van der Waals surface area contributed by atoms with Gasteiger partial charge in [0.05, 0.1) is 13.0 Å². The molecule has 0 aliphatic carbocycles. The van der Waals surface area contributed by atoms with Crippen molar-refractivity contribution in [1.82, 2.24) is 4.90 Å². The summed E-state index contributed by atoms with van der Waals surface area (Å²) in [4.78, 5) is 26.6. The molecule has 3 atom stereocenters. The van der Waals surface area contributed by atoms with Gasteiger partial charge in [-0.1, -0.05) is 36.2 Å². The van der Waals surface area contributed by atoms with Crippen molar-refractivity contribution in [2.75, 3.05) is 6.61 Å². The summed E-state index contributed by atoms with van der Waals surface area (Å²) in [6.07, 6.45) is 0.688. The number of rotatable bonds is 4. The van der Waals surface area contributed by atoms with Crippen LogP contribution in [0, 0.1) is 5.92 Å². The lowest BCUT2D eigenvalue weighted by Crippen LogP contribution is -2.45. The number of amides is 1. The average molecular weight is 358 g/mol.